The minimum absolute atomic E-state index is 0.902. The first-order chi connectivity index (χ1) is 6.51. The van der Waals surface area contributed by atoms with Crippen LogP contribution < -0.4 is 10.6 Å². The van der Waals surface area contributed by atoms with Crippen molar-refractivity contribution in [3.05, 3.63) is 0 Å². The summed E-state index contributed by atoms with van der Waals surface area (Å²) in [4.78, 5) is 32.0. The van der Waals surface area contributed by atoms with Gasteiger partial charge in [0.15, 0.2) is 6.17 Å². The Bertz CT molecular complexity index is 226. The van der Waals surface area contributed by atoms with Gasteiger partial charge >= 0.3 is 12.2 Å². The topological polar surface area (TPSA) is 93.7 Å². The van der Waals surface area contributed by atoms with E-state index in [1.54, 1.807) is 0 Å². The van der Waals surface area contributed by atoms with Gasteiger partial charge in [-0.05, 0) is 11.6 Å². The Hall–Kier alpha value is -1.50. The first kappa shape index (κ1) is 12.5. The van der Waals surface area contributed by atoms with Crippen molar-refractivity contribution in [1.29, 1.82) is 0 Å². The average molecular weight is 225 g/mol. The van der Waals surface area contributed by atoms with Crippen LogP contribution in [0.2, 0.25) is 0 Å². The molecule has 0 aliphatic heterocycles. The molecule has 0 atom stereocenters. The van der Waals surface area contributed by atoms with E-state index in [2.05, 4.69) is 9.47 Å². The predicted molar refractivity (Wildman–Crippen MR) is 45.7 cm³/mol. The second kappa shape index (κ2) is 6.03. The van der Waals surface area contributed by atoms with Gasteiger partial charge in [0.05, 0.1) is 14.2 Å². The van der Waals surface area contributed by atoms with Gasteiger partial charge in [0.25, 0.3) is 5.24 Å². The first-order valence-electron chi connectivity index (χ1n) is 3.39. The Morgan fingerprint density at radius 3 is 1.64 bits per heavy atom. The summed E-state index contributed by atoms with van der Waals surface area (Å²) < 4.78 is 8.39. The van der Waals surface area contributed by atoms with Gasteiger partial charge in [0, 0.05) is 0 Å². The number of alkyl carbamates (subject to hydrolysis) is 2. The number of hydrogen-bond acceptors (Lipinski definition) is 5. The minimum Gasteiger partial charge on any atom is -0.453 e. The lowest BCUT2D eigenvalue weighted by Gasteiger charge is -2.14. The highest BCUT2D eigenvalue weighted by Gasteiger charge is 2.21. The van der Waals surface area contributed by atoms with E-state index in [9.17, 15) is 14.4 Å². The van der Waals surface area contributed by atoms with Crippen molar-refractivity contribution >= 4 is 29.0 Å². The molecule has 0 rings (SSSR count). The molecule has 14 heavy (non-hydrogen) atoms. The highest BCUT2D eigenvalue weighted by molar-refractivity contribution is 6.64. The van der Waals surface area contributed by atoms with Gasteiger partial charge in [-0.15, -0.1) is 0 Å². The van der Waals surface area contributed by atoms with E-state index < -0.39 is 23.6 Å². The summed E-state index contributed by atoms with van der Waals surface area (Å²) in [6.45, 7) is 0. The van der Waals surface area contributed by atoms with Crippen molar-refractivity contribution in [2.75, 3.05) is 14.2 Å². The fourth-order valence-electron chi connectivity index (χ4n) is 0.503. The van der Waals surface area contributed by atoms with Gasteiger partial charge in [-0.2, -0.15) is 0 Å². The van der Waals surface area contributed by atoms with Crippen LogP contribution in [0.5, 0.6) is 0 Å². The summed E-state index contributed by atoms with van der Waals surface area (Å²) in [5.74, 6) is 0. The standard InChI is InChI=1S/C6H9ClN2O5/c1-13-5(11)8-4(3(7)10)9-6(12)14-2/h4H,1-2H3,(H,8,11)(H,9,12). The summed E-state index contributed by atoms with van der Waals surface area (Å²) in [6, 6.07) is 0. The molecule has 0 unspecified atom stereocenters. The zero-order valence-corrected chi connectivity index (χ0v) is 8.25. The molecule has 0 radical (unpaired) electrons. The molecule has 0 saturated carbocycles. The van der Waals surface area contributed by atoms with Crippen LogP contribution >= 0.6 is 11.6 Å². The van der Waals surface area contributed by atoms with Gasteiger partial charge in [-0.3, -0.25) is 15.4 Å². The fraction of sp³-hybridized carbons (Fsp3) is 0.500. The molecule has 2 amide bonds. The molecule has 2 N–H and O–H groups in total. The van der Waals surface area contributed by atoms with E-state index in [1.807, 2.05) is 10.6 Å². The summed E-state index contributed by atoms with van der Waals surface area (Å²) in [5, 5.41) is 2.98. The molecule has 0 aromatic carbocycles. The predicted octanol–water partition coefficient (Wildman–Crippen LogP) is -0.210. The van der Waals surface area contributed by atoms with Gasteiger partial charge in [-0.1, -0.05) is 0 Å². The van der Waals surface area contributed by atoms with Crippen molar-refractivity contribution in [2.45, 2.75) is 6.17 Å². The van der Waals surface area contributed by atoms with E-state index in [0.717, 1.165) is 14.2 Å². The van der Waals surface area contributed by atoms with E-state index in [1.165, 1.54) is 0 Å². The number of ether oxygens (including phenoxy) is 2. The quantitative estimate of drug-likeness (QED) is 0.511. The van der Waals surface area contributed by atoms with Crippen LogP contribution in [0.15, 0.2) is 0 Å². The maximum atomic E-state index is 10.7. The van der Waals surface area contributed by atoms with Crippen LogP contribution in [0.4, 0.5) is 9.59 Å². The van der Waals surface area contributed by atoms with Crippen LogP contribution in [-0.4, -0.2) is 37.8 Å². The lowest BCUT2D eigenvalue weighted by molar-refractivity contribution is -0.114. The Morgan fingerprint density at radius 1 is 1.07 bits per heavy atom. The van der Waals surface area contributed by atoms with Gasteiger partial charge in [0.1, 0.15) is 0 Å². The maximum Gasteiger partial charge on any atom is 0.408 e. The zero-order chi connectivity index (χ0) is 11.1. The van der Waals surface area contributed by atoms with E-state index in [4.69, 9.17) is 11.6 Å². The Balaban J connectivity index is 4.23. The first-order valence-corrected chi connectivity index (χ1v) is 3.77. The van der Waals surface area contributed by atoms with E-state index in [-0.39, 0.29) is 0 Å². The van der Waals surface area contributed by atoms with E-state index >= 15 is 0 Å². The van der Waals surface area contributed by atoms with Crippen molar-refractivity contribution in [3.8, 4) is 0 Å². The van der Waals surface area contributed by atoms with Crippen molar-refractivity contribution < 1.29 is 23.9 Å². The Labute approximate surface area is 84.7 Å². The summed E-state index contributed by atoms with van der Waals surface area (Å²) in [7, 11) is 2.20. The van der Waals surface area contributed by atoms with E-state index in [0.29, 0.717) is 0 Å². The molecule has 0 saturated heterocycles. The number of nitrogens with one attached hydrogen (secondary N) is 2. The molecule has 7 nitrogen and oxygen atoms in total. The number of rotatable bonds is 3. The third-order valence-corrected chi connectivity index (χ3v) is 1.34. The lowest BCUT2D eigenvalue weighted by atomic mass is 10.5. The number of methoxy groups -OCH3 is 2. The largest absolute Gasteiger partial charge is 0.453 e. The molecular weight excluding hydrogens is 216 g/mol. The summed E-state index contributed by atoms with van der Waals surface area (Å²) in [6.07, 6.45) is -3.18. The highest BCUT2D eigenvalue weighted by Crippen LogP contribution is 1.89. The van der Waals surface area contributed by atoms with Crippen LogP contribution in [0.25, 0.3) is 0 Å². The molecule has 0 aliphatic carbocycles. The SMILES string of the molecule is COC(=O)NC(NC(=O)OC)C(=O)Cl. The number of carbonyl (C=O) groups excluding carboxylic acids is 3. The second-order valence-electron chi connectivity index (χ2n) is 2.01. The second-order valence-corrected chi connectivity index (χ2v) is 2.38. The number of hydrogen-bond donors (Lipinski definition) is 2. The smallest absolute Gasteiger partial charge is 0.408 e. The van der Waals surface area contributed by atoms with Crippen LogP contribution in [0.1, 0.15) is 0 Å². The average Bonchev–Trinajstić information content (AvgIpc) is 2.16. The summed E-state index contributed by atoms with van der Waals surface area (Å²) in [5.41, 5.74) is 0. The third-order valence-electron chi connectivity index (χ3n) is 1.12. The molecule has 0 aromatic rings. The molecule has 80 valence electrons. The molecule has 0 bridgehead atoms. The van der Waals surface area contributed by atoms with Crippen molar-refractivity contribution in [2.24, 2.45) is 0 Å². The molecule has 8 heteroatoms. The molecule has 0 fully saturated rings. The van der Waals surface area contributed by atoms with Gasteiger partial charge < -0.3 is 9.47 Å². The molecule has 0 aliphatic rings. The zero-order valence-electron chi connectivity index (χ0n) is 7.50. The Morgan fingerprint density at radius 2 is 1.43 bits per heavy atom. The number of amides is 2. The Kier molecular flexibility index (Phi) is 5.38. The van der Waals surface area contributed by atoms with Gasteiger partial charge in [0.2, 0.25) is 0 Å². The normalized spacial score (nSPS) is 9.14. The molecule has 0 aromatic heterocycles. The van der Waals surface area contributed by atoms with Crippen LogP contribution in [0, 0.1) is 0 Å². The number of carbonyl (C=O) groups is 3. The monoisotopic (exact) mass is 224 g/mol. The molecular formula is C6H9ClN2O5. The maximum absolute atomic E-state index is 10.7. The minimum atomic E-state index is -1.38. The van der Waals surface area contributed by atoms with Gasteiger partial charge in [-0.25, -0.2) is 9.59 Å². The fourth-order valence-corrected chi connectivity index (χ4v) is 0.612. The van der Waals surface area contributed by atoms with Crippen LogP contribution in [-0.2, 0) is 14.3 Å². The lowest BCUT2D eigenvalue weighted by Crippen LogP contribution is -2.51. The highest BCUT2D eigenvalue weighted by atomic mass is 35.5. The third kappa shape index (κ3) is 4.51. The van der Waals surface area contributed by atoms with Crippen LogP contribution in [0.3, 0.4) is 0 Å². The summed E-state index contributed by atoms with van der Waals surface area (Å²) >= 11 is 5.07. The molecule has 0 spiro atoms. The number of halogens is 1. The molecule has 0 heterocycles. The van der Waals surface area contributed by atoms with Crippen molar-refractivity contribution in [1.82, 2.24) is 10.6 Å². The van der Waals surface area contributed by atoms with Crippen molar-refractivity contribution in [3.63, 3.8) is 0 Å².